The highest BCUT2D eigenvalue weighted by atomic mass is 32.1. The van der Waals surface area contributed by atoms with E-state index in [1.54, 1.807) is 31.2 Å². The quantitative estimate of drug-likeness (QED) is 0.499. The number of anilines is 1. The van der Waals surface area contributed by atoms with Crippen molar-refractivity contribution in [2.75, 3.05) is 12.4 Å². The summed E-state index contributed by atoms with van der Waals surface area (Å²) in [6.45, 7) is 1.80. The number of amides is 1. The predicted octanol–water partition coefficient (Wildman–Crippen LogP) is 4.71. The summed E-state index contributed by atoms with van der Waals surface area (Å²) in [6, 6.07) is 18.4. The second-order valence-corrected chi connectivity index (χ2v) is 7.31. The monoisotopic (exact) mass is 403 g/mol. The number of thiophene rings is 1. The number of carbonyl (C=O) groups is 2. The molecule has 0 bridgehead atoms. The van der Waals surface area contributed by atoms with E-state index < -0.39 is 5.97 Å². The van der Waals surface area contributed by atoms with Crippen LogP contribution in [0.3, 0.4) is 0 Å². The number of methoxy groups -OCH3 is 1. The van der Waals surface area contributed by atoms with Crippen molar-refractivity contribution >= 4 is 39.2 Å². The molecule has 7 heteroatoms. The van der Waals surface area contributed by atoms with Crippen molar-refractivity contribution in [3.05, 3.63) is 76.7 Å². The van der Waals surface area contributed by atoms with Crippen molar-refractivity contribution in [3.8, 4) is 11.4 Å². The molecule has 0 unspecified atom stereocenters. The van der Waals surface area contributed by atoms with Crippen LogP contribution >= 0.6 is 11.3 Å². The lowest BCUT2D eigenvalue weighted by Gasteiger charge is -2.09. The molecule has 4 rings (SSSR count). The lowest BCUT2D eigenvalue weighted by Crippen LogP contribution is -2.14. The van der Waals surface area contributed by atoms with E-state index in [0.29, 0.717) is 37.9 Å². The maximum Gasteiger partial charge on any atom is 0.348 e. The Bertz CT molecular complexity index is 1200. The van der Waals surface area contributed by atoms with E-state index in [1.807, 2.05) is 36.4 Å². The average molecular weight is 403 g/mol. The van der Waals surface area contributed by atoms with Crippen LogP contribution in [-0.2, 0) is 4.74 Å². The lowest BCUT2D eigenvalue weighted by molar-refractivity contribution is 0.0605. The summed E-state index contributed by atoms with van der Waals surface area (Å²) in [5, 5.41) is 3.53. The molecule has 0 atom stereocenters. The van der Waals surface area contributed by atoms with Crippen LogP contribution in [0.15, 0.2) is 60.7 Å². The fourth-order valence-corrected chi connectivity index (χ4v) is 4.10. The zero-order valence-corrected chi connectivity index (χ0v) is 16.6. The Kier molecular flexibility index (Phi) is 5.05. The number of benzene rings is 2. The lowest BCUT2D eigenvalue weighted by atomic mass is 10.1. The van der Waals surface area contributed by atoms with Crippen LogP contribution in [0.4, 0.5) is 5.82 Å². The number of rotatable bonds is 4. The minimum Gasteiger partial charge on any atom is -0.465 e. The number of hydrogen-bond acceptors (Lipinski definition) is 6. The zero-order valence-electron chi connectivity index (χ0n) is 15.8. The molecule has 0 radical (unpaired) electrons. The molecule has 29 heavy (non-hydrogen) atoms. The molecule has 4 aromatic rings. The predicted molar refractivity (Wildman–Crippen MR) is 113 cm³/mol. The number of aryl methyl sites for hydroxylation is 1. The van der Waals surface area contributed by atoms with E-state index in [9.17, 15) is 9.59 Å². The summed E-state index contributed by atoms with van der Waals surface area (Å²) in [6.07, 6.45) is 0. The van der Waals surface area contributed by atoms with Crippen molar-refractivity contribution < 1.29 is 14.3 Å². The van der Waals surface area contributed by atoms with Gasteiger partial charge in [-0.05, 0) is 24.6 Å². The molecule has 0 saturated carbocycles. The molecule has 6 nitrogen and oxygen atoms in total. The molecule has 2 aromatic heterocycles. The molecule has 0 saturated heterocycles. The highest BCUT2D eigenvalue weighted by Crippen LogP contribution is 2.36. The number of fused-ring (bicyclic) bond motifs is 1. The number of nitrogens with one attached hydrogen (secondary N) is 1. The topological polar surface area (TPSA) is 81.2 Å². The molecule has 1 N–H and O–H groups in total. The van der Waals surface area contributed by atoms with Crippen LogP contribution < -0.4 is 5.32 Å². The standard InChI is InChI=1S/C22H17N3O3S/c1-13-16-19(24-20(26)15-11-7-4-8-12-15)23-18(14-9-5-3-6-10-14)25-21(16)29-17(13)22(27)28-2/h3-12H,1-2H3,(H,23,24,25,26). The summed E-state index contributed by atoms with van der Waals surface area (Å²) in [7, 11) is 1.34. The first kappa shape index (κ1) is 18.8. The van der Waals surface area contributed by atoms with Crippen molar-refractivity contribution in [1.82, 2.24) is 9.97 Å². The van der Waals surface area contributed by atoms with Gasteiger partial charge in [0, 0.05) is 11.1 Å². The molecule has 0 aliphatic rings. The normalized spacial score (nSPS) is 10.7. The number of nitrogens with zero attached hydrogens (tertiary/aromatic N) is 2. The molecule has 0 fully saturated rings. The van der Waals surface area contributed by atoms with Crippen molar-refractivity contribution in [2.45, 2.75) is 6.92 Å². The van der Waals surface area contributed by atoms with Crippen LogP contribution in [-0.4, -0.2) is 29.0 Å². The second-order valence-electron chi connectivity index (χ2n) is 6.31. The number of ether oxygens (including phenoxy) is 1. The van der Waals surface area contributed by atoms with Gasteiger partial charge in [0.05, 0.1) is 12.5 Å². The van der Waals surface area contributed by atoms with Crippen molar-refractivity contribution in [1.29, 1.82) is 0 Å². The molecular formula is C22H17N3O3S. The second kappa shape index (κ2) is 7.81. The summed E-state index contributed by atoms with van der Waals surface area (Å²) in [4.78, 5) is 35.2. The van der Waals surface area contributed by atoms with Gasteiger partial charge in [0.1, 0.15) is 15.5 Å². The highest BCUT2D eigenvalue weighted by Gasteiger charge is 2.22. The first-order chi connectivity index (χ1) is 14.1. The van der Waals surface area contributed by atoms with Gasteiger partial charge in [-0.25, -0.2) is 14.8 Å². The Balaban J connectivity index is 1.88. The Morgan fingerprint density at radius 3 is 2.28 bits per heavy atom. The van der Waals surface area contributed by atoms with E-state index >= 15 is 0 Å². The zero-order chi connectivity index (χ0) is 20.4. The fourth-order valence-electron chi connectivity index (χ4n) is 3.00. The number of hydrogen-bond donors (Lipinski definition) is 1. The maximum atomic E-state index is 12.8. The van der Waals surface area contributed by atoms with Gasteiger partial charge in [0.15, 0.2) is 5.82 Å². The Hall–Kier alpha value is -3.58. The van der Waals surface area contributed by atoms with Gasteiger partial charge in [0.25, 0.3) is 5.91 Å². The molecule has 0 aliphatic heterocycles. The molecule has 2 heterocycles. The van der Waals surface area contributed by atoms with Gasteiger partial charge >= 0.3 is 5.97 Å². The number of esters is 1. The van der Waals surface area contributed by atoms with E-state index in [1.165, 1.54) is 18.4 Å². The van der Waals surface area contributed by atoms with Gasteiger partial charge in [-0.15, -0.1) is 11.3 Å². The molecular weight excluding hydrogens is 386 g/mol. The molecule has 0 spiro atoms. The SMILES string of the molecule is COC(=O)c1sc2nc(-c3ccccc3)nc(NC(=O)c3ccccc3)c2c1C. The van der Waals surface area contributed by atoms with Gasteiger partial charge < -0.3 is 10.1 Å². The average Bonchev–Trinajstić information content (AvgIpc) is 3.11. The molecule has 1 amide bonds. The highest BCUT2D eigenvalue weighted by molar-refractivity contribution is 7.20. The van der Waals surface area contributed by atoms with E-state index in [4.69, 9.17) is 4.74 Å². The van der Waals surface area contributed by atoms with E-state index in [0.717, 1.165) is 5.56 Å². The summed E-state index contributed by atoms with van der Waals surface area (Å²) in [5.41, 5.74) is 2.01. The van der Waals surface area contributed by atoms with Crippen LogP contribution in [0.1, 0.15) is 25.6 Å². The van der Waals surface area contributed by atoms with Gasteiger partial charge in [-0.2, -0.15) is 0 Å². The minimum atomic E-state index is -0.438. The van der Waals surface area contributed by atoms with E-state index in [-0.39, 0.29) is 5.91 Å². The summed E-state index contributed by atoms with van der Waals surface area (Å²) >= 11 is 1.23. The smallest absolute Gasteiger partial charge is 0.348 e. The third-order valence-corrected chi connectivity index (χ3v) is 5.63. The van der Waals surface area contributed by atoms with Crippen molar-refractivity contribution in [2.24, 2.45) is 0 Å². The first-order valence-corrected chi connectivity index (χ1v) is 9.71. The van der Waals surface area contributed by atoms with Crippen LogP contribution in [0.2, 0.25) is 0 Å². The fraction of sp³-hybridized carbons (Fsp3) is 0.0909. The van der Waals surface area contributed by atoms with Crippen molar-refractivity contribution in [3.63, 3.8) is 0 Å². The maximum absolute atomic E-state index is 12.8. The largest absolute Gasteiger partial charge is 0.465 e. The van der Waals surface area contributed by atoms with Gasteiger partial charge in [-0.1, -0.05) is 48.5 Å². The summed E-state index contributed by atoms with van der Waals surface area (Å²) < 4.78 is 4.89. The minimum absolute atomic E-state index is 0.283. The Labute approximate surface area is 171 Å². The van der Waals surface area contributed by atoms with Gasteiger partial charge in [0.2, 0.25) is 0 Å². The van der Waals surface area contributed by atoms with Crippen LogP contribution in [0.25, 0.3) is 21.6 Å². The van der Waals surface area contributed by atoms with Crippen LogP contribution in [0.5, 0.6) is 0 Å². The Morgan fingerprint density at radius 2 is 1.62 bits per heavy atom. The third kappa shape index (κ3) is 3.60. The Morgan fingerprint density at radius 1 is 0.966 bits per heavy atom. The summed E-state index contributed by atoms with van der Waals surface area (Å²) in [5.74, 6) is 0.118. The third-order valence-electron chi connectivity index (χ3n) is 4.46. The van der Waals surface area contributed by atoms with Crippen LogP contribution in [0, 0.1) is 6.92 Å². The van der Waals surface area contributed by atoms with E-state index in [2.05, 4.69) is 15.3 Å². The molecule has 144 valence electrons. The van der Waals surface area contributed by atoms with Gasteiger partial charge in [-0.3, -0.25) is 4.79 Å². The molecule has 0 aliphatic carbocycles. The first-order valence-electron chi connectivity index (χ1n) is 8.89. The molecule has 2 aromatic carbocycles. The number of aromatic nitrogens is 2. The number of carbonyl (C=O) groups excluding carboxylic acids is 2.